The molecule has 4 aromatic rings. The number of fused-ring (bicyclic) bond motifs is 3. The highest BCUT2D eigenvalue weighted by Crippen LogP contribution is 2.31. The molecule has 4 rings (SSSR count). The minimum Gasteiger partial charge on any atom is -0.488 e. The highest BCUT2D eigenvalue weighted by atomic mass is 16.5. The monoisotopic (exact) mass is 372 g/mol. The van der Waals surface area contributed by atoms with Crippen LogP contribution in [0.5, 0.6) is 5.75 Å². The molecule has 0 saturated heterocycles. The molecule has 0 unspecified atom stereocenters. The summed E-state index contributed by atoms with van der Waals surface area (Å²) < 4.78 is 11.7. The first-order valence-corrected chi connectivity index (χ1v) is 9.52. The molecule has 1 heterocycles. The molecule has 3 nitrogen and oxygen atoms in total. The Morgan fingerprint density at radius 1 is 0.857 bits per heavy atom. The summed E-state index contributed by atoms with van der Waals surface area (Å²) in [6, 6.07) is 19.9. The Kier molecular flexibility index (Phi) is 4.46. The summed E-state index contributed by atoms with van der Waals surface area (Å²) in [4.78, 5) is 12.3. The molecule has 0 saturated carbocycles. The van der Waals surface area contributed by atoms with Crippen LogP contribution < -0.4 is 10.4 Å². The molecule has 0 amide bonds. The van der Waals surface area contributed by atoms with Crippen molar-refractivity contribution in [3.05, 3.63) is 87.8 Å². The number of hydrogen-bond acceptors (Lipinski definition) is 3. The summed E-state index contributed by atoms with van der Waals surface area (Å²) in [5, 5.41) is 2.43. The summed E-state index contributed by atoms with van der Waals surface area (Å²) in [7, 11) is 0. The van der Waals surface area contributed by atoms with Gasteiger partial charge in [0, 0.05) is 10.9 Å². The second-order valence-corrected chi connectivity index (χ2v) is 8.24. The fourth-order valence-corrected chi connectivity index (χ4v) is 3.48. The van der Waals surface area contributed by atoms with Gasteiger partial charge in [0.2, 0.25) is 0 Å². The van der Waals surface area contributed by atoms with Crippen LogP contribution in [0.1, 0.15) is 37.5 Å². The summed E-state index contributed by atoms with van der Waals surface area (Å²) >= 11 is 0. The predicted octanol–water partition coefficient (Wildman–Crippen LogP) is 6.13. The van der Waals surface area contributed by atoms with Gasteiger partial charge in [-0.1, -0.05) is 63.2 Å². The third kappa shape index (κ3) is 3.29. The van der Waals surface area contributed by atoms with E-state index < -0.39 is 0 Å². The van der Waals surface area contributed by atoms with Gasteiger partial charge in [-0.2, -0.15) is 0 Å². The third-order valence-corrected chi connectivity index (χ3v) is 5.20. The van der Waals surface area contributed by atoms with Crippen molar-refractivity contribution in [3.63, 3.8) is 0 Å². The number of rotatable bonds is 3. The average Bonchev–Trinajstić information content (AvgIpc) is 2.68. The first-order valence-electron chi connectivity index (χ1n) is 9.52. The van der Waals surface area contributed by atoms with Crippen LogP contribution in [0.15, 0.2) is 69.9 Å². The van der Waals surface area contributed by atoms with E-state index in [1.165, 1.54) is 5.56 Å². The number of aryl methyl sites for hydroxylation is 1. The van der Waals surface area contributed by atoms with E-state index in [1.54, 1.807) is 6.07 Å². The topological polar surface area (TPSA) is 39.4 Å². The lowest BCUT2D eigenvalue weighted by atomic mass is 9.87. The van der Waals surface area contributed by atoms with Crippen molar-refractivity contribution in [3.8, 4) is 5.75 Å². The lowest BCUT2D eigenvalue weighted by Crippen LogP contribution is -2.10. The molecule has 0 radical (unpaired) electrons. The number of ether oxygens (including phenoxy) is 1. The molecule has 0 aliphatic heterocycles. The normalized spacial score (nSPS) is 11.9. The average molecular weight is 372 g/mol. The maximum Gasteiger partial charge on any atom is 0.344 e. The van der Waals surface area contributed by atoms with Crippen molar-refractivity contribution in [2.45, 2.75) is 39.7 Å². The molecule has 0 aliphatic rings. The largest absolute Gasteiger partial charge is 0.488 e. The Hall–Kier alpha value is -3.07. The van der Waals surface area contributed by atoms with E-state index >= 15 is 0 Å². The maximum absolute atomic E-state index is 12.3. The zero-order chi connectivity index (χ0) is 19.9. The maximum atomic E-state index is 12.3. The summed E-state index contributed by atoms with van der Waals surface area (Å²) in [6.07, 6.45) is 0. The lowest BCUT2D eigenvalue weighted by molar-refractivity contribution is 0.304. The molecule has 0 bridgehead atoms. The molecule has 28 heavy (non-hydrogen) atoms. The zero-order valence-corrected chi connectivity index (χ0v) is 16.7. The molecule has 3 aromatic carbocycles. The molecular formula is C25H24O3. The molecule has 1 aromatic heterocycles. The summed E-state index contributed by atoms with van der Waals surface area (Å²) in [5.41, 5.74) is 3.64. The van der Waals surface area contributed by atoms with Crippen LogP contribution in [0.4, 0.5) is 0 Å². The van der Waals surface area contributed by atoms with Gasteiger partial charge in [0.25, 0.3) is 0 Å². The quantitative estimate of drug-likeness (QED) is 0.321. The smallest absolute Gasteiger partial charge is 0.344 e. The predicted molar refractivity (Wildman–Crippen MR) is 114 cm³/mol. The van der Waals surface area contributed by atoms with E-state index in [1.807, 2.05) is 37.3 Å². The van der Waals surface area contributed by atoms with Gasteiger partial charge in [-0.15, -0.1) is 0 Å². The van der Waals surface area contributed by atoms with E-state index in [0.717, 1.165) is 27.6 Å². The Labute approximate surface area is 164 Å². The molecule has 142 valence electrons. The Bertz CT molecular complexity index is 1210. The van der Waals surface area contributed by atoms with Crippen LogP contribution in [0.3, 0.4) is 0 Å². The van der Waals surface area contributed by atoms with Gasteiger partial charge in [0.1, 0.15) is 17.9 Å². The van der Waals surface area contributed by atoms with Crippen molar-refractivity contribution < 1.29 is 9.15 Å². The fourth-order valence-electron chi connectivity index (χ4n) is 3.48. The number of benzene rings is 3. The van der Waals surface area contributed by atoms with E-state index in [-0.39, 0.29) is 11.0 Å². The van der Waals surface area contributed by atoms with Gasteiger partial charge in [0.05, 0.1) is 5.39 Å². The summed E-state index contributed by atoms with van der Waals surface area (Å²) in [5.74, 6) is 0.728. The van der Waals surface area contributed by atoms with Gasteiger partial charge in [-0.3, -0.25) is 0 Å². The van der Waals surface area contributed by atoms with Crippen LogP contribution in [-0.4, -0.2) is 0 Å². The second-order valence-electron chi connectivity index (χ2n) is 8.24. The van der Waals surface area contributed by atoms with E-state index in [2.05, 4.69) is 45.0 Å². The minimum atomic E-state index is -0.318. The molecule has 3 heteroatoms. The van der Waals surface area contributed by atoms with Gasteiger partial charge >= 0.3 is 5.63 Å². The molecule has 0 fully saturated rings. The SMILES string of the molecule is Cc1c(OCc2ccc(C(C)(C)C)cc2)ccc2c1oc(=O)c1ccccc12. The van der Waals surface area contributed by atoms with Crippen LogP contribution in [0, 0.1) is 6.92 Å². The highest BCUT2D eigenvalue weighted by Gasteiger charge is 2.14. The Balaban J connectivity index is 1.65. The van der Waals surface area contributed by atoms with Crippen molar-refractivity contribution >= 4 is 21.7 Å². The van der Waals surface area contributed by atoms with E-state index in [4.69, 9.17) is 9.15 Å². The van der Waals surface area contributed by atoms with Crippen molar-refractivity contribution in [1.29, 1.82) is 0 Å². The zero-order valence-electron chi connectivity index (χ0n) is 16.7. The molecule has 0 N–H and O–H groups in total. The van der Waals surface area contributed by atoms with Gasteiger partial charge in [-0.25, -0.2) is 4.79 Å². The Morgan fingerprint density at radius 3 is 2.21 bits per heavy atom. The lowest BCUT2D eigenvalue weighted by Gasteiger charge is -2.19. The van der Waals surface area contributed by atoms with Crippen molar-refractivity contribution in [1.82, 2.24) is 0 Å². The van der Waals surface area contributed by atoms with Gasteiger partial charge in [0.15, 0.2) is 0 Å². The third-order valence-electron chi connectivity index (χ3n) is 5.20. The summed E-state index contributed by atoms with van der Waals surface area (Å²) in [6.45, 7) is 9.00. The van der Waals surface area contributed by atoms with Gasteiger partial charge < -0.3 is 9.15 Å². The van der Waals surface area contributed by atoms with Crippen LogP contribution >= 0.6 is 0 Å². The van der Waals surface area contributed by atoms with Crippen molar-refractivity contribution in [2.75, 3.05) is 0 Å². The molecule has 0 aliphatic carbocycles. The molecule has 0 spiro atoms. The van der Waals surface area contributed by atoms with E-state index in [0.29, 0.717) is 17.6 Å². The fraction of sp³-hybridized carbons (Fsp3) is 0.240. The first-order chi connectivity index (χ1) is 13.3. The van der Waals surface area contributed by atoms with E-state index in [9.17, 15) is 4.79 Å². The first kappa shape index (κ1) is 18.3. The van der Waals surface area contributed by atoms with Crippen molar-refractivity contribution in [2.24, 2.45) is 0 Å². The van der Waals surface area contributed by atoms with Crippen LogP contribution in [0.2, 0.25) is 0 Å². The second kappa shape index (κ2) is 6.83. The minimum absolute atomic E-state index is 0.134. The standard InChI is InChI=1S/C25H24O3/c1-16-22(27-15-17-9-11-18(12-10-17)25(2,3)4)14-13-20-19-7-5-6-8-21(19)24(26)28-23(16)20/h5-14H,15H2,1-4H3. The van der Waals surface area contributed by atoms with Gasteiger partial charge in [-0.05, 0) is 47.1 Å². The van der Waals surface area contributed by atoms with Crippen LogP contribution in [0.25, 0.3) is 21.7 Å². The molecular weight excluding hydrogens is 348 g/mol. The van der Waals surface area contributed by atoms with Crippen LogP contribution in [-0.2, 0) is 12.0 Å². The Morgan fingerprint density at radius 2 is 1.54 bits per heavy atom. The molecule has 0 atom stereocenters. The number of hydrogen-bond donors (Lipinski definition) is 0. The highest BCUT2D eigenvalue weighted by molar-refractivity contribution is 6.05.